The molecule has 4 N–H and O–H groups in total. The molecule has 2 aromatic carbocycles. The summed E-state index contributed by atoms with van der Waals surface area (Å²) in [6.45, 7) is 0.317. The van der Waals surface area contributed by atoms with Gasteiger partial charge in [-0.3, -0.25) is 4.79 Å². The Morgan fingerprint density at radius 1 is 1.03 bits per heavy atom. The van der Waals surface area contributed by atoms with E-state index < -0.39 is 24.1 Å². The number of thiazole rings is 1. The highest BCUT2D eigenvalue weighted by Gasteiger charge is 2.29. The number of hydrogen-bond donors (Lipinski definition) is 4. The van der Waals surface area contributed by atoms with Crippen molar-refractivity contribution < 1.29 is 29.3 Å². The number of nitrogens with one attached hydrogen (secondary N) is 2. The van der Waals surface area contributed by atoms with Gasteiger partial charge in [0.2, 0.25) is 0 Å². The molecule has 4 rings (SSSR count). The molecule has 0 radical (unpaired) electrons. The van der Waals surface area contributed by atoms with Gasteiger partial charge < -0.3 is 25.6 Å². The summed E-state index contributed by atoms with van der Waals surface area (Å²) in [5, 5.41) is 23.6. The first-order valence-electron chi connectivity index (χ1n) is 10.7. The summed E-state index contributed by atoms with van der Waals surface area (Å²) in [6.07, 6.45) is -0.831. The molecule has 0 unspecified atom stereocenters. The number of carboxylic acid groups (broad SMARTS) is 1. The van der Waals surface area contributed by atoms with Crippen LogP contribution in [0.2, 0.25) is 0 Å². The van der Waals surface area contributed by atoms with Crippen molar-refractivity contribution in [2.45, 2.75) is 25.0 Å². The van der Waals surface area contributed by atoms with Crippen LogP contribution in [-0.4, -0.2) is 52.4 Å². The van der Waals surface area contributed by atoms with E-state index in [-0.39, 0.29) is 32.0 Å². The van der Waals surface area contributed by atoms with E-state index in [2.05, 4.69) is 27.8 Å². The first-order chi connectivity index (χ1) is 16.4. The summed E-state index contributed by atoms with van der Waals surface area (Å²) in [5.41, 5.74) is 4.56. The average molecular weight is 482 g/mol. The van der Waals surface area contributed by atoms with Gasteiger partial charge in [0.15, 0.2) is 6.10 Å². The Morgan fingerprint density at radius 2 is 1.68 bits per heavy atom. The molecule has 0 aliphatic heterocycles. The number of fused-ring (bicyclic) bond motifs is 3. The third-order valence-corrected chi connectivity index (χ3v) is 6.49. The average Bonchev–Trinajstić information content (AvgIpc) is 3.44. The van der Waals surface area contributed by atoms with Crippen LogP contribution in [0.5, 0.6) is 0 Å². The van der Waals surface area contributed by atoms with E-state index in [1.165, 1.54) is 6.20 Å². The Hall–Kier alpha value is -3.76. The van der Waals surface area contributed by atoms with Crippen LogP contribution in [0.15, 0.2) is 54.7 Å². The minimum Gasteiger partial charge on any atom is -0.479 e. The van der Waals surface area contributed by atoms with E-state index in [0.29, 0.717) is 9.88 Å². The Morgan fingerprint density at radius 3 is 2.32 bits per heavy atom. The van der Waals surface area contributed by atoms with Crippen molar-refractivity contribution in [3.63, 3.8) is 0 Å². The molecule has 3 aromatic rings. The topological polar surface area (TPSA) is 138 Å². The van der Waals surface area contributed by atoms with Crippen LogP contribution in [0.25, 0.3) is 11.1 Å². The number of benzene rings is 2. The second-order valence-electron chi connectivity index (χ2n) is 7.70. The van der Waals surface area contributed by atoms with Crippen LogP contribution in [0.3, 0.4) is 0 Å². The maximum atomic E-state index is 12.3. The van der Waals surface area contributed by atoms with Crippen LogP contribution in [-0.2, 0) is 16.1 Å². The van der Waals surface area contributed by atoms with Crippen LogP contribution in [0, 0.1) is 0 Å². The fourth-order valence-electron chi connectivity index (χ4n) is 3.83. The molecule has 9 nitrogen and oxygen atoms in total. The van der Waals surface area contributed by atoms with Crippen molar-refractivity contribution in [3.05, 3.63) is 75.7 Å². The first-order valence-corrected chi connectivity index (χ1v) is 11.5. The number of carboxylic acids is 1. The molecule has 1 heterocycles. The molecule has 0 fully saturated rings. The first kappa shape index (κ1) is 23.4. The van der Waals surface area contributed by atoms with Crippen LogP contribution in [0.4, 0.5) is 4.79 Å². The van der Waals surface area contributed by atoms with Gasteiger partial charge in [-0.1, -0.05) is 48.5 Å². The molecule has 1 atom stereocenters. The molecule has 0 bridgehead atoms. The Labute approximate surface area is 199 Å². The quantitative estimate of drug-likeness (QED) is 0.369. The van der Waals surface area contributed by atoms with E-state index in [0.717, 1.165) is 33.6 Å². The molecule has 1 aromatic heterocycles. The minimum atomic E-state index is -1.53. The molecule has 1 aliphatic carbocycles. The highest BCUT2D eigenvalue weighted by Crippen LogP contribution is 2.44. The van der Waals surface area contributed by atoms with E-state index in [9.17, 15) is 19.5 Å². The number of carbonyl (C=O) groups excluding carboxylic acids is 2. The van der Waals surface area contributed by atoms with Gasteiger partial charge in [0.05, 0.1) is 12.7 Å². The third kappa shape index (κ3) is 5.24. The fourth-order valence-corrected chi connectivity index (χ4v) is 4.60. The maximum Gasteiger partial charge on any atom is 0.407 e. The lowest BCUT2D eigenvalue weighted by Crippen LogP contribution is -2.29. The lowest BCUT2D eigenvalue weighted by molar-refractivity contribution is -0.146. The Kier molecular flexibility index (Phi) is 7.19. The van der Waals surface area contributed by atoms with E-state index in [1.54, 1.807) is 0 Å². The van der Waals surface area contributed by atoms with Crippen molar-refractivity contribution in [2.75, 3.05) is 13.2 Å². The second kappa shape index (κ2) is 10.4. The smallest absolute Gasteiger partial charge is 0.407 e. The SMILES string of the molecule is O=C(NCc1ncc(C(=O)NCC[C@H](O)C(=O)O)s1)OCC1c2ccccc2-c2ccccc21. The molecule has 0 saturated carbocycles. The Bertz CT molecular complexity index is 1170. The van der Waals surface area contributed by atoms with Gasteiger partial charge in [0, 0.05) is 18.9 Å². The molecule has 2 amide bonds. The highest BCUT2D eigenvalue weighted by atomic mass is 32.1. The maximum absolute atomic E-state index is 12.3. The lowest BCUT2D eigenvalue weighted by Gasteiger charge is -2.14. The summed E-state index contributed by atoms with van der Waals surface area (Å²) >= 11 is 1.10. The molecule has 10 heteroatoms. The van der Waals surface area contributed by atoms with Gasteiger partial charge in [-0.2, -0.15) is 0 Å². The molecule has 0 spiro atoms. The molecular formula is C24H23N3O6S. The summed E-state index contributed by atoms with van der Waals surface area (Å²) in [4.78, 5) is 39.4. The number of rotatable bonds is 9. The minimum absolute atomic E-state index is 0.0114. The number of nitrogens with zero attached hydrogens (tertiary/aromatic N) is 1. The number of aliphatic hydroxyl groups is 1. The molecule has 1 aliphatic rings. The molecule has 176 valence electrons. The summed E-state index contributed by atoms with van der Waals surface area (Å²) < 4.78 is 5.49. The van der Waals surface area contributed by atoms with Crippen molar-refractivity contribution >= 4 is 29.3 Å². The van der Waals surface area contributed by atoms with Gasteiger partial charge in [-0.05, 0) is 22.3 Å². The number of aliphatic carboxylic acids is 1. The lowest BCUT2D eigenvalue weighted by atomic mass is 9.98. The normalized spacial score (nSPS) is 13.0. The number of carbonyl (C=O) groups is 3. The van der Waals surface area contributed by atoms with E-state index in [4.69, 9.17) is 9.84 Å². The van der Waals surface area contributed by atoms with E-state index >= 15 is 0 Å². The van der Waals surface area contributed by atoms with Gasteiger partial charge in [-0.25, -0.2) is 14.6 Å². The number of aromatic nitrogens is 1. The van der Waals surface area contributed by atoms with Crippen LogP contribution < -0.4 is 10.6 Å². The zero-order valence-corrected chi connectivity index (χ0v) is 18.9. The Balaban J connectivity index is 1.26. The number of ether oxygens (including phenoxy) is 1. The zero-order chi connectivity index (χ0) is 24.1. The second-order valence-corrected chi connectivity index (χ2v) is 8.81. The molecule has 0 saturated heterocycles. The third-order valence-electron chi connectivity index (χ3n) is 5.49. The molecular weight excluding hydrogens is 458 g/mol. The van der Waals surface area contributed by atoms with Crippen LogP contribution >= 0.6 is 11.3 Å². The van der Waals surface area contributed by atoms with Crippen molar-refractivity contribution in [1.82, 2.24) is 15.6 Å². The summed E-state index contributed by atoms with van der Waals surface area (Å²) in [6, 6.07) is 16.2. The fraction of sp³-hybridized carbons (Fsp3) is 0.250. The van der Waals surface area contributed by atoms with E-state index in [1.807, 2.05) is 36.4 Å². The zero-order valence-electron chi connectivity index (χ0n) is 18.1. The monoisotopic (exact) mass is 481 g/mol. The van der Waals surface area contributed by atoms with Gasteiger partial charge in [0.25, 0.3) is 5.91 Å². The predicted octanol–water partition coefficient (Wildman–Crippen LogP) is 2.75. The highest BCUT2D eigenvalue weighted by molar-refractivity contribution is 7.13. The van der Waals surface area contributed by atoms with Gasteiger partial charge in [-0.15, -0.1) is 11.3 Å². The predicted molar refractivity (Wildman–Crippen MR) is 125 cm³/mol. The summed E-state index contributed by atoms with van der Waals surface area (Å²) in [7, 11) is 0. The van der Waals surface area contributed by atoms with Crippen molar-refractivity contribution in [3.8, 4) is 11.1 Å². The number of amides is 2. The standard InChI is InChI=1S/C24H23N3O6S/c28-19(23(30)31)9-10-25-22(29)20-11-26-21(34-20)12-27-24(32)33-13-18-16-7-3-1-5-14(16)15-6-2-4-8-17(15)18/h1-8,11,18-19,28H,9-10,12-13H2,(H,25,29)(H,27,32)(H,30,31)/t19-/m0/s1. The van der Waals surface area contributed by atoms with Crippen LogP contribution in [0.1, 0.15) is 38.1 Å². The van der Waals surface area contributed by atoms with Crippen molar-refractivity contribution in [2.24, 2.45) is 0 Å². The number of aliphatic hydroxyl groups excluding tert-OH is 1. The van der Waals surface area contributed by atoms with Gasteiger partial charge >= 0.3 is 12.1 Å². The van der Waals surface area contributed by atoms with Crippen molar-refractivity contribution in [1.29, 1.82) is 0 Å². The number of hydrogen-bond acceptors (Lipinski definition) is 7. The van der Waals surface area contributed by atoms with Gasteiger partial charge in [0.1, 0.15) is 16.5 Å². The number of alkyl carbamates (subject to hydrolysis) is 1. The summed E-state index contributed by atoms with van der Waals surface area (Å²) in [5.74, 6) is -1.80. The largest absolute Gasteiger partial charge is 0.479 e. The molecule has 34 heavy (non-hydrogen) atoms.